The molecule has 3 aromatic rings. The van der Waals surface area contributed by atoms with Crippen molar-refractivity contribution in [3.63, 3.8) is 0 Å². The van der Waals surface area contributed by atoms with E-state index >= 15 is 0 Å². The molecule has 3 heterocycles. The first-order chi connectivity index (χ1) is 12.6. The molecule has 0 aliphatic heterocycles. The number of aryl methyl sites for hydroxylation is 3. The number of amides is 1. The van der Waals surface area contributed by atoms with Crippen LogP contribution in [0.1, 0.15) is 33.7 Å². The fourth-order valence-electron chi connectivity index (χ4n) is 3.28. The van der Waals surface area contributed by atoms with Gasteiger partial charge in [0.2, 0.25) is 5.91 Å². The molecule has 0 radical (unpaired) electrons. The second-order valence-electron chi connectivity index (χ2n) is 6.64. The quantitative estimate of drug-likeness (QED) is 0.458. The number of carbonyl (C=O) groups is 1. The molecule has 1 amide bonds. The molecule has 1 aliphatic carbocycles. The molecule has 1 aliphatic rings. The number of fused-ring (bicyclic) bond motifs is 3. The molecule has 4 nitrogen and oxygen atoms in total. The number of thiophene rings is 2. The van der Waals surface area contributed by atoms with Crippen molar-refractivity contribution in [2.45, 2.75) is 44.2 Å². The average Bonchev–Trinajstić information content (AvgIpc) is 3.23. The second kappa shape index (κ2) is 7.66. The van der Waals surface area contributed by atoms with Crippen molar-refractivity contribution in [3.8, 4) is 0 Å². The number of hydrogen-bond acceptors (Lipinski definition) is 6. The Hall–Kier alpha value is -1.44. The molecule has 0 N–H and O–H groups in total. The SMILES string of the molecule is Cc1ccsc1CN(C)C(=O)CSc1ncnc2sc3c(c12)CCCC3. The highest BCUT2D eigenvalue weighted by Crippen LogP contribution is 2.39. The van der Waals surface area contributed by atoms with E-state index in [2.05, 4.69) is 28.3 Å². The largest absolute Gasteiger partial charge is 0.340 e. The van der Waals surface area contributed by atoms with Crippen molar-refractivity contribution in [1.82, 2.24) is 14.9 Å². The molecular weight excluding hydrogens is 382 g/mol. The third kappa shape index (κ3) is 3.52. The van der Waals surface area contributed by atoms with Gasteiger partial charge < -0.3 is 4.90 Å². The predicted octanol–water partition coefficient (Wildman–Crippen LogP) is 4.69. The third-order valence-corrected chi connectivity index (χ3v) is 8.01. The maximum Gasteiger partial charge on any atom is 0.233 e. The highest BCUT2D eigenvalue weighted by Gasteiger charge is 2.21. The minimum absolute atomic E-state index is 0.138. The predicted molar refractivity (Wildman–Crippen MR) is 110 cm³/mol. The Morgan fingerprint density at radius 2 is 2.15 bits per heavy atom. The summed E-state index contributed by atoms with van der Waals surface area (Å²) in [7, 11) is 1.88. The van der Waals surface area contributed by atoms with E-state index in [0.717, 1.165) is 22.7 Å². The van der Waals surface area contributed by atoms with Gasteiger partial charge in [-0.1, -0.05) is 11.8 Å². The van der Waals surface area contributed by atoms with Gasteiger partial charge in [-0.2, -0.15) is 0 Å². The number of nitrogens with zero attached hydrogens (tertiary/aromatic N) is 3. The Labute approximate surface area is 165 Å². The van der Waals surface area contributed by atoms with E-state index in [9.17, 15) is 4.79 Å². The van der Waals surface area contributed by atoms with E-state index in [1.165, 1.54) is 39.1 Å². The molecular formula is C19H21N3OS3. The Bertz CT molecular complexity index is 947. The molecule has 0 unspecified atom stereocenters. The Morgan fingerprint density at radius 3 is 2.96 bits per heavy atom. The molecule has 26 heavy (non-hydrogen) atoms. The maximum absolute atomic E-state index is 12.6. The normalized spacial score (nSPS) is 13.8. The number of thioether (sulfide) groups is 1. The number of hydrogen-bond donors (Lipinski definition) is 0. The van der Waals surface area contributed by atoms with Gasteiger partial charge in [-0.05, 0) is 55.2 Å². The van der Waals surface area contributed by atoms with Gasteiger partial charge in [0, 0.05) is 22.2 Å². The summed E-state index contributed by atoms with van der Waals surface area (Å²) < 4.78 is 0. The van der Waals surface area contributed by atoms with Gasteiger partial charge in [-0.15, -0.1) is 22.7 Å². The molecule has 3 aromatic heterocycles. The number of aromatic nitrogens is 2. The second-order valence-corrected chi connectivity index (χ2v) is 9.68. The smallest absolute Gasteiger partial charge is 0.233 e. The van der Waals surface area contributed by atoms with E-state index in [-0.39, 0.29) is 5.91 Å². The topological polar surface area (TPSA) is 46.1 Å². The molecule has 0 saturated carbocycles. The molecule has 0 spiro atoms. The van der Waals surface area contributed by atoms with Gasteiger partial charge in [0.1, 0.15) is 16.2 Å². The highest BCUT2D eigenvalue weighted by molar-refractivity contribution is 8.00. The van der Waals surface area contributed by atoms with Gasteiger partial charge in [0.15, 0.2) is 0 Å². The first kappa shape index (κ1) is 17.9. The Balaban J connectivity index is 1.48. The molecule has 0 saturated heterocycles. The van der Waals surface area contributed by atoms with Crippen molar-refractivity contribution in [3.05, 3.63) is 38.7 Å². The summed E-state index contributed by atoms with van der Waals surface area (Å²) in [5.74, 6) is 0.552. The van der Waals surface area contributed by atoms with E-state index < -0.39 is 0 Å². The molecule has 4 rings (SSSR count). The van der Waals surface area contributed by atoms with Crippen LogP contribution in [0.15, 0.2) is 22.8 Å². The third-order valence-electron chi connectivity index (χ3n) is 4.82. The van der Waals surface area contributed by atoms with Gasteiger partial charge in [0.25, 0.3) is 0 Å². The van der Waals surface area contributed by atoms with Crippen LogP contribution >= 0.6 is 34.4 Å². The van der Waals surface area contributed by atoms with Crippen molar-refractivity contribution >= 4 is 50.6 Å². The van der Waals surface area contributed by atoms with E-state index in [0.29, 0.717) is 12.3 Å². The van der Waals surface area contributed by atoms with Crippen LogP contribution in [-0.2, 0) is 24.2 Å². The van der Waals surface area contributed by atoms with Crippen molar-refractivity contribution in [2.75, 3.05) is 12.8 Å². The van der Waals surface area contributed by atoms with Crippen LogP contribution in [0.4, 0.5) is 0 Å². The summed E-state index contributed by atoms with van der Waals surface area (Å²) >= 11 is 5.06. The number of carbonyl (C=O) groups excluding carboxylic acids is 1. The van der Waals surface area contributed by atoms with E-state index in [4.69, 9.17) is 0 Å². The lowest BCUT2D eigenvalue weighted by Crippen LogP contribution is -2.27. The minimum Gasteiger partial charge on any atom is -0.340 e. The zero-order valence-electron chi connectivity index (χ0n) is 14.9. The standard InChI is InChI=1S/C19H21N3OS3/c1-12-7-8-24-15(12)9-22(2)16(23)10-25-18-17-13-5-3-4-6-14(13)26-19(17)21-11-20-18/h7-8,11H,3-6,9-10H2,1-2H3. The number of rotatable bonds is 5. The summed E-state index contributed by atoms with van der Waals surface area (Å²) in [6, 6.07) is 2.10. The van der Waals surface area contributed by atoms with Crippen molar-refractivity contribution < 1.29 is 4.79 Å². The van der Waals surface area contributed by atoms with E-state index in [1.54, 1.807) is 40.8 Å². The first-order valence-corrected chi connectivity index (χ1v) is 11.5. The fraction of sp³-hybridized carbons (Fsp3) is 0.421. The summed E-state index contributed by atoms with van der Waals surface area (Å²) in [6.45, 7) is 2.77. The highest BCUT2D eigenvalue weighted by atomic mass is 32.2. The first-order valence-electron chi connectivity index (χ1n) is 8.78. The molecule has 7 heteroatoms. The zero-order chi connectivity index (χ0) is 18.1. The zero-order valence-corrected chi connectivity index (χ0v) is 17.4. The lowest BCUT2D eigenvalue weighted by molar-refractivity contribution is -0.127. The van der Waals surface area contributed by atoms with Crippen molar-refractivity contribution in [2.24, 2.45) is 0 Å². The van der Waals surface area contributed by atoms with Gasteiger partial charge in [0.05, 0.1) is 12.3 Å². The van der Waals surface area contributed by atoms with Crippen LogP contribution in [0, 0.1) is 6.92 Å². The summed E-state index contributed by atoms with van der Waals surface area (Å²) in [5.41, 5.74) is 2.68. The summed E-state index contributed by atoms with van der Waals surface area (Å²) in [4.78, 5) is 27.2. The van der Waals surface area contributed by atoms with Gasteiger partial charge >= 0.3 is 0 Å². The van der Waals surface area contributed by atoms with Crippen LogP contribution in [0.2, 0.25) is 0 Å². The van der Waals surface area contributed by atoms with Gasteiger partial charge in [-0.3, -0.25) is 4.79 Å². The molecule has 0 fully saturated rings. The fourth-order valence-corrected chi connectivity index (χ4v) is 6.50. The maximum atomic E-state index is 12.6. The molecule has 0 bridgehead atoms. The van der Waals surface area contributed by atoms with Gasteiger partial charge in [-0.25, -0.2) is 9.97 Å². The van der Waals surface area contributed by atoms with Crippen LogP contribution in [-0.4, -0.2) is 33.6 Å². The molecule has 0 atom stereocenters. The Morgan fingerprint density at radius 1 is 1.31 bits per heavy atom. The minimum atomic E-state index is 0.138. The average molecular weight is 404 g/mol. The van der Waals surface area contributed by atoms with Crippen LogP contribution in [0.5, 0.6) is 0 Å². The summed E-state index contributed by atoms with van der Waals surface area (Å²) in [5, 5.41) is 4.24. The van der Waals surface area contributed by atoms with Crippen LogP contribution in [0.3, 0.4) is 0 Å². The Kier molecular flexibility index (Phi) is 5.29. The molecule has 136 valence electrons. The summed E-state index contributed by atoms with van der Waals surface area (Å²) in [6.07, 6.45) is 6.40. The lowest BCUT2D eigenvalue weighted by atomic mass is 9.97. The lowest BCUT2D eigenvalue weighted by Gasteiger charge is -2.17. The monoisotopic (exact) mass is 403 g/mol. The molecule has 0 aromatic carbocycles. The van der Waals surface area contributed by atoms with E-state index in [1.807, 2.05) is 11.9 Å². The van der Waals surface area contributed by atoms with Crippen molar-refractivity contribution in [1.29, 1.82) is 0 Å². The van der Waals surface area contributed by atoms with Crippen LogP contribution < -0.4 is 0 Å². The van der Waals surface area contributed by atoms with Crippen LogP contribution in [0.25, 0.3) is 10.2 Å².